The topological polar surface area (TPSA) is 119 Å². The number of hydrogen-bond donors (Lipinski definition) is 3. The highest BCUT2D eigenvalue weighted by Gasteiger charge is 2.25. The maximum atomic E-state index is 13.5. The molecule has 4 aromatic carbocycles. The van der Waals surface area contributed by atoms with Crippen LogP contribution in [0.2, 0.25) is 0 Å². The molecule has 3 amide bonds. The second-order valence-corrected chi connectivity index (χ2v) is 11.1. The highest BCUT2D eigenvalue weighted by Crippen LogP contribution is 2.30. The standard InChI is InChI=1S/C36H36N4O5/c1-25-12-14-27(15-13-25)30(24-34(42)43)38-35(44)29-16-17-32(31(23-29)37-33(41)22-26-8-4-2-5-9-26)39-18-20-40(21-19-39)36(45)28-10-6-3-7-11-28/h2-17,23,30H,18-22,24H2,1H3,(H,37,41)(H,38,44)(H,42,43). The lowest BCUT2D eigenvalue weighted by atomic mass is 10.0. The highest BCUT2D eigenvalue weighted by atomic mass is 16.4. The van der Waals surface area contributed by atoms with Gasteiger partial charge in [0.25, 0.3) is 11.8 Å². The van der Waals surface area contributed by atoms with Crippen LogP contribution >= 0.6 is 0 Å². The van der Waals surface area contributed by atoms with E-state index in [1.807, 2.05) is 84.6 Å². The third-order valence-corrected chi connectivity index (χ3v) is 7.83. The van der Waals surface area contributed by atoms with Crippen LogP contribution in [-0.2, 0) is 16.0 Å². The number of anilines is 2. The normalized spacial score (nSPS) is 13.5. The number of nitrogens with zero attached hydrogens (tertiary/aromatic N) is 2. The molecule has 1 aliphatic rings. The average molecular weight is 605 g/mol. The van der Waals surface area contributed by atoms with Gasteiger partial charge in [0.15, 0.2) is 0 Å². The number of carboxylic acid groups (broad SMARTS) is 1. The van der Waals surface area contributed by atoms with Crippen LogP contribution in [0.3, 0.4) is 0 Å². The summed E-state index contributed by atoms with van der Waals surface area (Å²) in [5.41, 5.74) is 4.70. The minimum atomic E-state index is -1.03. The molecule has 9 nitrogen and oxygen atoms in total. The molecule has 0 bridgehead atoms. The summed E-state index contributed by atoms with van der Waals surface area (Å²) in [6.07, 6.45) is -0.121. The van der Waals surface area contributed by atoms with Crippen molar-refractivity contribution in [1.82, 2.24) is 10.2 Å². The second kappa shape index (κ2) is 14.4. The summed E-state index contributed by atoms with van der Waals surface area (Å²) >= 11 is 0. The Bertz CT molecular complexity index is 1650. The minimum Gasteiger partial charge on any atom is -0.481 e. The molecule has 1 aliphatic heterocycles. The van der Waals surface area contributed by atoms with E-state index in [9.17, 15) is 24.3 Å². The van der Waals surface area contributed by atoms with Crippen molar-refractivity contribution in [3.63, 3.8) is 0 Å². The van der Waals surface area contributed by atoms with Crippen LogP contribution in [0.5, 0.6) is 0 Å². The van der Waals surface area contributed by atoms with Crippen molar-refractivity contribution in [1.29, 1.82) is 0 Å². The van der Waals surface area contributed by atoms with E-state index in [-0.39, 0.29) is 30.2 Å². The molecule has 1 saturated heterocycles. The van der Waals surface area contributed by atoms with E-state index < -0.39 is 17.9 Å². The number of aliphatic carboxylic acids is 1. The maximum Gasteiger partial charge on any atom is 0.305 e. The van der Waals surface area contributed by atoms with Crippen molar-refractivity contribution in [3.05, 3.63) is 131 Å². The Morgan fingerprint density at radius 2 is 1.42 bits per heavy atom. The van der Waals surface area contributed by atoms with Crippen LogP contribution in [0.15, 0.2) is 103 Å². The average Bonchev–Trinajstić information content (AvgIpc) is 3.05. The molecule has 1 atom stereocenters. The molecule has 230 valence electrons. The molecule has 0 aliphatic carbocycles. The monoisotopic (exact) mass is 604 g/mol. The summed E-state index contributed by atoms with van der Waals surface area (Å²) in [4.78, 5) is 55.2. The number of carbonyl (C=O) groups is 4. The number of amides is 3. The lowest BCUT2D eigenvalue weighted by molar-refractivity contribution is -0.137. The molecule has 0 radical (unpaired) electrons. The fourth-order valence-electron chi connectivity index (χ4n) is 5.41. The summed E-state index contributed by atoms with van der Waals surface area (Å²) in [6, 6.07) is 30.3. The van der Waals surface area contributed by atoms with Crippen LogP contribution in [0.1, 0.15) is 49.9 Å². The van der Waals surface area contributed by atoms with E-state index in [1.165, 1.54) is 0 Å². The van der Waals surface area contributed by atoms with Gasteiger partial charge < -0.3 is 25.5 Å². The van der Waals surface area contributed by atoms with Gasteiger partial charge in [0.05, 0.1) is 30.3 Å². The molecular weight excluding hydrogens is 568 g/mol. The number of carboxylic acids is 1. The number of carbonyl (C=O) groups excluding carboxylic acids is 3. The van der Waals surface area contributed by atoms with E-state index in [1.54, 1.807) is 30.3 Å². The Morgan fingerprint density at radius 3 is 2.07 bits per heavy atom. The summed E-state index contributed by atoms with van der Waals surface area (Å²) in [5, 5.41) is 15.4. The Balaban J connectivity index is 1.37. The van der Waals surface area contributed by atoms with Crippen molar-refractivity contribution in [3.8, 4) is 0 Å². The van der Waals surface area contributed by atoms with Gasteiger partial charge in [-0.05, 0) is 48.4 Å². The number of aryl methyl sites for hydroxylation is 1. The Labute approximate surface area is 262 Å². The fourth-order valence-corrected chi connectivity index (χ4v) is 5.41. The Kier molecular flexibility index (Phi) is 9.89. The predicted molar refractivity (Wildman–Crippen MR) is 173 cm³/mol. The van der Waals surface area contributed by atoms with Crippen molar-refractivity contribution in [2.24, 2.45) is 0 Å². The smallest absolute Gasteiger partial charge is 0.305 e. The van der Waals surface area contributed by atoms with E-state index in [0.717, 1.165) is 16.8 Å². The van der Waals surface area contributed by atoms with E-state index in [2.05, 4.69) is 15.5 Å². The molecule has 0 spiro atoms. The zero-order valence-corrected chi connectivity index (χ0v) is 25.1. The molecule has 1 fully saturated rings. The largest absolute Gasteiger partial charge is 0.481 e. The number of hydrogen-bond acceptors (Lipinski definition) is 5. The van der Waals surface area contributed by atoms with Gasteiger partial charge in [0.2, 0.25) is 5.91 Å². The van der Waals surface area contributed by atoms with Gasteiger partial charge in [0, 0.05) is 37.3 Å². The van der Waals surface area contributed by atoms with Crippen LogP contribution in [-0.4, -0.2) is 59.9 Å². The lowest BCUT2D eigenvalue weighted by Crippen LogP contribution is -2.49. The van der Waals surface area contributed by atoms with E-state index in [0.29, 0.717) is 43.0 Å². The van der Waals surface area contributed by atoms with Crippen molar-refractivity contribution >= 4 is 35.1 Å². The SMILES string of the molecule is Cc1ccc(C(CC(=O)O)NC(=O)c2ccc(N3CCN(C(=O)c4ccccc4)CC3)c(NC(=O)Cc3ccccc3)c2)cc1. The number of nitrogens with one attached hydrogen (secondary N) is 2. The molecule has 1 unspecified atom stereocenters. The lowest BCUT2D eigenvalue weighted by Gasteiger charge is -2.37. The Hall–Kier alpha value is -5.44. The molecule has 45 heavy (non-hydrogen) atoms. The van der Waals surface area contributed by atoms with E-state index >= 15 is 0 Å². The molecule has 0 aromatic heterocycles. The van der Waals surface area contributed by atoms with Crippen molar-refractivity contribution in [2.75, 3.05) is 36.4 Å². The number of piperazine rings is 1. The molecule has 1 heterocycles. The summed E-state index contributed by atoms with van der Waals surface area (Å²) in [5.74, 6) is -1.75. The first kappa shape index (κ1) is 31.0. The summed E-state index contributed by atoms with van der Waals surface area (Å²) < 4.78 is 0. The van der Waals surface area contributed by atoms with Gasteiger partial charge in [-0.1, -0.05) is 78.4 Å². The van der Waals surface area contributed by atoms with Crippen LogP contribution < -0.4 is 15.5 Å². The molecular formula is C36H36N4O5. The number of rotatable bonds is 10. The molecule has 9 heteroatoms. The maximum absolute atomic E-state index is 13.5. The predicted octanol–water partition coefficient (Wildman–Crippen LogP) is 5.08. The van der Waals surface area contributed by atoms with E-state index in [4.69, 9.17) is 0 Å². The highest BCUT2D eigenvalue weighted by molar-refractivity contribution is 6.01. The number of benzene rings is 4. The first-order valence-corrected chi connectivity index (χ1v) is 14.9. The van der Waals surface area contributed by atoms with Gasteiger partial charge in [-0.3, -0.25) is 19.2 Å². The fraction of sp³-hybridized carbons (Fsp3) is 0.222. The van der Waals surface area contributed by atoms with Crippen LogP contribution in [0.25, 0.3) is 0 Å². The zero-order valence-electron chi connectivity index (χ0n) is 25.1. The van der Waals surface area contributed by atoms with Gasteiger partial charge >= 0.3 is 5.97 Å². The molecule has 4 aromatic rings. The quantitative estimate of drug-likeness (QED) is 0.232. The molecule has 5 rings (SSSR count). The summed E-state index contributed by atoms with van der Waals surface area (Å²) in [7, 11) is 0. The zero-order chi connectivity index (χ0) is 31.8. The van der Waals surface area contributed by atoms with Crippen molar-refractivity contribution < 1.29 is 24.3 Å². The van der Waals surface area contributed by atoms with Gasteiger partial charge in [-0.15, -0.1) is 0 Å². The van der Waals surface area contributed by atoms with Gasteiger partial charge in [-0.2, -0.15) is 0 Å². The first-order chi connectivity index (χ1) is 21.8. The third kappa shape index (κ3) is 8.14. The minimum absolute atomic E-state index is 0.0249. The summed E-state index contributed by atoms with van der Waals surface area (Å²) in [6.45, 7) is 4.02. The van der Waals surface area contributed by atoms with Gasteiger partial charge in [-0.25, -0.2) is 0 Å². The van der Waals surface area contributed by atoms with Crippen LogP contribution in [0, 0.1) is 6.92 Å². The van der Waals surface area contributed by atoms with Gasteiger partial charge in [0.1, 0.15) is 0 Å². The van der Waals surface area contributed by atoms with Crippen molar-refractivity contribution in [2.45, 2.75) is 25.8 Å². The third-order valence-electron chi connectivity index (χ3n) is 7.83. The second-order valence-electron chi connectivity index (χ2n) is 11.1. The molecule has 0 saturated carbocycles. The Morgan fingerprint density at radius 1 is 0.778 bits per heavy atom. The first-order valence-electron chi connectivity index (χ1n) is 14.9. The molecule has 3 N–H and O–H groups in total. The van der Waals surface area contributed by atoms with Crippen LogP contribution in [0.4, 0.5) is 11.4 Å².